The first-order valence-corrected chi connectivity index (χ1v) is 23.4. The summed E-state index contributed by atoms with van der Waals surface area (Å²) in [7, 11) is 1.48. The first-order valence-electron chi connectivity index (χ1n) is 21.9. The van der Waals surface area contributed by atoms with Crippen LogP contribution in [0.3, 0.4) is 0 Å². The molecular formula is C43H85NO8P+. The zero-order valence-corrected chi connectivity index (χ0v) is 36.2. The summed E-state index contributed by atoms with van der Waals surface area (Å²) in [4.78, 5) is 35.3. The molecule has 10 heteroatoms. The molecule has 0 spiro atoms. The fourth-order valence-electron chi connectivity index (χ4n) is 6.07. The largest absolute Gasteiger partial charge is 0.472 e. The van der Waals surface area contributed by atoms with E-state index in [2.05, 4.69) is 26.0 Å². The van der Waals surface area contributed by atoms with E-state index < -0.39 is 26.5 Å². The number of esters is 2. The van der Waals surface area contributed by atoms with E-state index in [9.17, 15) is 19.0 Å². The molecule has 1 N–H and O–H groups in total. The summed E-state index contributed by atoms with van der Waals surface area (Å²) in [6.07, 6.45) is 36.8. The van der Waals surface area contributed by atoms with Crippen molar-refractivity contribution < 1.29 is 42.1 Å². The average molecular weight is 775 g/mol. The Morgan fingerprint density at radius 3 is 1.40 bits per heavy atom. The number of phosphoric acid groups is 1. The van der Waals surface area contributed by atoms with E-state index in [4.69, 9.17) is 18.5 Å². The van der Waals surface area contributed by atoms with E-state index >= 15 is 0 Å². The summed E-state index contributed by atoms with van der Waals surface area (Å²) in [5.41, 5.74) is 0. The van der Waals surface area contributed by atoms with E-state index in [1.54, 1.807) is 0 Å². The highest BCUT2D eigenvalue weighted by Gasteiger charge is 2.27. The summed E-state index contributed by atoms with van der Waals surface area (Å²) >= 11 is 0. The molecule has 0 heterocycles. The Balaban J connectivity index is 4.36. The number of likely N-dealkylation sites (N-methyl/N-ethyl adjacent to an activating group) is 1. The van der Waals surface area contributed by atoms with E-state index in [0.717, 1.165) is 51.4 Å². The molecule has 0 aromatic heterocycles. The Morgan fingerprint density at radius 1 is 0.566 bits per heavy atom. The summed E-state index contributed by atoms with van der Waals surface area (Å²) in [5, 5.41) is 0. The Kier molecular flexibility index (Phi) is 35.5. The molecule has 0 rings (SSSR count). The molecule has 0 saturated carbocycles. The number of unbranched alkanes of at least 4 members (excludes halogenated alkanes) is 24. The first kappa shape index (κ1) is 51.8. The zero-order chi connectivity index (χ0) is 39.3. The monoisotopic (exact) mass is 775 g/mol. The lowest BCUT2D eigenvalue weighted by atomic mass is 10.0. The number of hydrogen-bond acceptors (Lipinski definition) is 7. The molecule has 2 atom stereocenters. The van der Waals surface area contributed by atoms with Crippen LogP contribution in [0, 0.1) is 0 Å². The molecule has 0 aliphatic rings. The maximum Gasteiger partial charge on any atom is 0.472 e. The fourth-order valence-corrected chi connectivity index (χ4v) is 6.81. The van der Waals surface area contributed by atoms with Gasteiger partial charge in [0.1, 0.15) is 19.8 Å². The summed E-state index contributed by atoms with van der Waals surface area (Å²) in [6.45, 7) is 4.43. The SMILES string of the molecule is CCCCCCCCC/C=C\CCCCCCCC(=O)O[C@H](COC(=O)CCCCCCCCCCCCCCC)COP(=O)(O)OCC[N+](C)(C)C. The van der Waals surface area contributed by atoms with Crippen LogP contribution in [-0.2, 0) is 32.7 Å². The topological polar surface area (TPSA) is 108 Å². The van der Waals surface area contributed by atoms with Crippen LogP contribution in [0.4, 0.5) is 0 Å². The van der Waals surface area contributed by atoms with Gasteiger partial charge in [0.25, 0.3) is 0 Å². The fraction of sp³-hybridized carbons (Fsp3) is 0.907. The van der Waals surface area contributed by atoms with Crippen molar-refractivity contribution in [2.75, 3.05) is 47.5 Å². The standard InChI is InChI=1S/C43H84NO8P/c1-6-8-10-12-14-16-18-20-21-22-24-26-28-30-32-34-36-43(46)52-41(40-51-53(47,48)50-38-37-44(3,4)5)39-49-42(45)35-33-31-29-27-25-23-19-17-15-13-11-9-7-2/h21-22,41H,6-20,23-40H2,1-5H3/p+1/b22-21-/t41-/m1/s1. The Labute approximate surface area is 326 Å². The van der Waals surface area contributed by atoms with Gasteiger partial charge in [-0.25, -0.2) is 4.57 Å². The predicted molar refractivity (Wildman–Crippen MR) is 220 cm³/mol. The maximum absolute atomic E-state index is 12.7. The number of phosphoric ester groups is 1. The van der Waals surface area contributed by atoms with E-state index in [1.807, 2.05) is 21.1 Å². The van der Waals surface area contributed by atoms with Crippen molar-refractivity contribution in [1.82, 2.24) is 0 Å². The van der Waals surface area contributed by atoms with Gasteiger partial charge in [-0.3, -0.25) is 18.6 Å². The smallest absolute Gasteiger partial charge is 0.462 e. The van der Waals surface area contributed by atoms with Crippen molar-refractivity contribution >= 4 is 19.8 Å². The van der Waals surface area contributed by atoms with Crippen LogP contribution < -0.4 is 0 Å². The minimum Gasteiger partial charge on any atom is -0.462 e. The van der Waals surface area contributed by atoms with Crippen molar-refractivity contribution in [2.24, 2.45) is 0 Å². The molecule has 0 bridgehead atoms. The maximum atomic E-state index is 12.7. The van der Waals surface area contributed by atoms with Crippen molar-refractivity contribution in [3.05, 3.63) is 12.2 Å². The molecule has 1 unspecified atom stereocenters. The molecule has 0 aliphatic carbocycles. The third-order valence-electron chi connectivity index (χ3n) is 9.55. The summed E-state index contributed by atoms with van der Waals surface area (Å²) in [5.74, 6) is -0.800. The van der Waals surface area contributed by atoms with Crippen LogP contribution in [0.1, 0.15) is 200 Å². The molecule has 0 aromatic rings. The number of quaternary nitrogens is 1. The van der Waals surface area contributed by atoms with Crippen LogP contribution in [0.15, 0.2) is 12.2 Å². The van der Waals surface area contributed by atoms with Crippen LogP contribution in [0.5, 0.6) is 0 Å². The predicted octanol–water partition coefficient (Wildman–Crippen LogP) is 12.2. The van der Waals surface area contributed by atoms with Gasteiger partial charge in [-0.2, -0.15) is 0 Å². The van der Waals surface area contributed by atoms with Gasteiger partial charge in [-0.1, -0.05) is 161 Å². The molecule has 0 aliphatic heterocycles. The van der Waals surface area contributed by atoms with Crippen LogP contribution in [-0.4, -0.2) is 74.9 Å². The van der Waals surface area contributed by atoms with Crippen molar-refractivity contribution in [2.45, 2.75) is 206 Å². The van der Waals surface area contributed by atoms with Gasteiger partial charge in [-0.15, -0.1) is 0 Å². The van der Waals surface area contributed by atoms with Gasteiger partial charge < -0.3 is 18.9 Å². The zero-order valence-electron chi connectivity index (χ0n) is 35.3. The van der Waals surface area contributed by atoms with E-state index in [0.29, 0.717) is 23.9 Å². The molecular weight excluding hydrogens is 689 g/mol. The number of hydrogen-bond donors (Lipinski definition) is 1. The third-order valence-corrected chi connectivity index (χ3v) is 10.5. The Morgan fingerprint density at radius 2 is 0.962 bits per heavy atom. The van der Waals surface area contributed by atoms with Gasteiger partial charge in [0.2, 0.25) is 0 Å². The van der Waals surface area contributed by atoms with Gasteiger partial charge in [-0.05, 0) is 38.5 Å². The highest BCUT2D eigenvalue weighted by molar-refractivity contribution is 7.47. The quantitative estimate of drug-likeness (QED) is 0.0215. The van der Waals surface area contributed by atoms with Crippen LogP contribution >= 0.6 is 7.82 Å². The number of nitrogens with zero attached hydrogens (tertiary/aromatic N) is 1. The number of carbonyl (C=O) groups is 2. The minimum atomic E-state index is -4.37. The van der Waals surface area contributed by atoms with Gasteiger partial charge in [0.05, 0.1) is 27.7 Å². The lowest BCUT2D eigenvalue weighted by Gasteiger charge is -2.24. The van der Waals surface area contributed by atoms with Crippen LogP contribution in [0.25, 0.3) is 0 Å². The van der Waals surface area contributed by atoms with E-state index in [-0.39, 0.29) is 25.6 Å². The second-order valence-corrected chi connectivity index (χ2v) is 17.5. The number of ether oxygens (including phenoxy) is 2. The third kappa shape index (κ3) is 40.2. The first-order chi connectivity index (χ1) is 25.5. The van der Waals surface area contributed by atoms with Crippen LogP contribution in [0.2, 0.25) is 0 Å². The van der Waals surface area contributed by atoms with Crippen molar-refractivity contribution in [3.8, 4) is 0 Å². The van der Waals surface area contributed by atoms with Gasteiger partial charge in [0.15, 0.2) is 6.10 Å². The molecule has 0 aromatic carbocycles. The second-order valence-electron chi connectivity index (χ2n) is 16.1. The number of allylic oxidation sites excluding steroid dienone is 2. The molecule has 9 nitrogen and oxygen atoms in total. The molecule has 0 saturated heterocycles. The molecule has 314 valence electrons. The molecule has 0 radical (unpaired) electrons. The van der Waals surface area contributed by atoms with Gasteiger partial charge >= 0.3 is 19.8 Å². The Hall–Kier alpha value is -1.25. The molecule has 53 heavy (non-hydrogen) atoms. The number of rotatable bonds is 40. The molecule has 0 amide bonds. The Bertz CT molecular complexity index is 922. The molecule has 0 fully saturated rings. The lowest BCUT2D eigenvalue weighted by Crippen LogP contribution is -2.37. The highest BCUT2D eigenvalue weighted by atomic mass is 31.2. The van der Waals surface area contributed by atoms with Crippen molar-refractivity contribution in [3.63, 3.8) is 0 Å². The second kappa shape index (κ2) is 36.4. The number of carbonyl (C=O) groups excluding carboxylic acids is 2. The minimum absolute atomic E-state index is 0.0331. The lowest BCUT2D eigenvalue weighted by molar-refractivity contribution is -0.870. The van der Waals surface area contributed by atoms with Crippen molar-refractivity contribution in [1.29, 1.82) is 0 Å². The normalized spacial score (nSPS) is 13.7. The highest BCUT2D eigenvalue weighted by Crippen LogP contribution is 2.43. The summed E-state index contributed by atoms with van der Waals surface area (Å²) < 4.78 is 34.3. The average Bonchev–Trinajstić information content (AvgIpc) is 3.10. The summed E-state index contributed by atoms with van der Waals surface area (Å²) in [6, 6.07) is 0. The van der Waals surface area contributed by atoms with Gasteiger partial charge in [0, 0.05) is 12.8 Å². The van der Waals surface area contributed by atoms with E-state index in [1.165, 1.54) is 116 Å².